The lowest BCUT2D eigenvalue weighted by molar-refractivity contribution is -0.339. The molecule has 0 saturated heterocycles. The zero-order valence-electron chi connectivity index (χ0n) is 8.03. The number of hydrogen-bond acceptors (Lipinski definition) is 2. The Morgan fingerprint density at radius 2 is 1.16 bits per heavy atom. The van der Waals surface area contributed by atoms with Crippen LogP contribution >= 0.6 is 0 Å². The summed E-state index contributed by atoms with van der Waals surface area (Å²) in [4.78, 5) is 0. The lowest BCUT2D eigenvalue weighted by Crippen LogP contribution is -2.63. The van der Waals surface area contributed by atoms with Gasteiger partial charge in [0.1, 0.15) is 0 Å². The summed E-state index contributed by atoms with van der Waals surface area (Å²) in [5.74, 6) is -14.5. The van der Waals surface area contributed by atoms with Crippen LogP contribution in [0.4, 0.5) is 43.9 Å². The summed E-state index contributed by atoms with van der Waals surface area (Å²) >= 11 is 0. The van der Waals surface area contributed by atoms with Gasteiger partial charge in [0, 0.05) is 0 Å². The minimum absolute atomic E-state index is 5.78. The molecule has 1 N–H and O–H groups in total. The normalized spacial score (nSPS) is 17.4. The molecule has 14 heteroatoms. The van der Waals surface area contributed by atoms with E-state index in [2.05, 4.69) is 0 Å². The van der Waals surface area contributed by atoms with E-state index in [0.717, 1.165) is 0 Å². The third-order valence-corrected chi connectivity index (χ3v) is 2.62. The second-order valence-electron chi connectivity index (χ2n) is 3.09. The predicted octanol–water partition coefficient (Wildman–Crippen LogP) is 2.64. The minimum Gasteiger partial charge on any atom is -0.281 e. The van der Waals surface area contributed by atoms with Gasteiger partial charge in [0.25, 0.3) is 6.17 Å². The molecule has 0 aromatic rings. The van der Waals surface area contributed by atoms with Crippen molar-refractivity contribution in [1.82, 2.24) is 0 Å². The van der Waals surface area contributed by atoms with Crippen LogP contribution in [0, 0.1) is 0 Å². The molecule has 0 aliphatic heterocycles. The lowest BCUT2D eigenvalue weighted by Gasteiger charge is -2.33. The van der Waals surface area contributed by atoms with Gasteiger partial charge in [0.2, 0.25) is 0 Å². The van der Waals surface area contributed by atoms with Gasteiger partial charge in [-0.05, 0) is 0 Å². The summed E-state index contributed by atoms with van der Waals surface area (Å²) in [5, 5.41) is -7.03. The van der Waals surface area contributed by atoms with E-state index < -0.39 is 39.6 Å². The lowest BCUT2D eigenvalue weighted by atomic mass is 10.1. The number of halogens is 10. The second kappa shape index (κ2) is 4.36. The van der Waals surface area contributed by atoms with E-state index in [1.54, 1.807) is 0 Å². The van der Waals surface area contributed by atoms with Crippen LogP contribution in [-0.2, 0) is 10.1 Å². The highest BCUT2D eigenvalue weighted by molar-refractivity contribution is 7.87. The van der Waals surface area contributed by atoms with Gasteiger partial charge in [-0.25, -0.2) is 4.39 Å². The van der Waals surface area contributed by atoms with E-state index in [9.17, 15) is 52.3 Å². The topological polar surface area (TPSA) is 54.4 Å². The summed E-state index contributed by atoms with van der Waals surface area (Å²) < 4.78 is 148. The maximum Gasteiger partial charge on any atom is 0.438 e. The molecule has 0 bridgehead atoms. The van der Waals surface area contributed by atoms with Gasteiger partial charge in [0.15, 0.2) is 0 Å². The summed E-state index contributed by atoms with van der Waals surface area (Å²) in [6.45, 7) is 0. The Balaban J connectivity index is 5.92. The Hall–Kier alpha value is -0.790. The van der Waals surface area contributed by atoms with Gasteiger partial charge in [-0.3, -0.25) is 4.55 Å². The first-order valence-corrected chi connectivity index (χ1v) is 5.16. The molecular formula is C5H2F10O3S. The van der Waals surface area contributed by atoms with Crippen LogP contribution in [0.15, 0.2) is 0 Å². The standard InChI is InChI=1S/C5H2F10O3S/c6-1(3(9,10)11)2(7,8)4(12,13)5(14,15)19(16,17)18/h1H,(H,16,17,18). The molecule has 0 aliphatic carbocycles. The highest BCUT2D eigenvalue weighted by Crippen LogP contribution is 2.52. The van der Waals surface area contributed by atoms with E-state index in [1.165, 1.54) is 0 Å². The van der Waals surface area contributed by atoms with Crippen LogP contribution in [0.25, 0.3) is 0 Å². The number of rotatable bonds is 4. The summed E-state index contributed by atoms with van der Waals surface area (Å²) in [6.07, 6.45) is -12.4. The molecule has 0 aromatic heterocycles. The SMILES string of the molecule is O=S(=O)(O)C(F)(F)C(F)(F)C(F)(F)C(F)C(F)(F)F. The largest absolute Gasteiger partial charge is 0.438 e. The summed E-state index contributed by atoms with van der Waals surface area (Å²) in [7, 11) is -7.22. The van der Waals surface area contributed by atoms with E-state index in [1.807, 2.05) is 0 Å². The van der Waals surface area contributed by atoms with Crippen LogP contribution in [0.1, 0.15) is 0 Å². The molecule has 0 spiro atoms. The molecule has 116 valence electrons. The zero-order valence-corrected chi connectivity index (χ0v) is 8.85. The first-order chi connectivity index (χ1) is 7.90. The van der Waals surface area contributed by atoms with Crippen molar-refractivity contribution in [3.8, 4) is 0 Å². The molecule has 0 rings (SSSR count). The van der Waals surface area contributed by atoms with E-state index in [0.29, 0.717) is 0 Å². The highest BCUT2D eigenvalue weighted by Gasteiger charge is 2.82. The molecule has 1 atom stereocenters. The molecule has 0 fully saturated rings. The quantitative estimate of drug-likeness (QED) is 0.636. The molecule has 0 aromatic carbocycles. The monoisotopic (exact) mass is 332 g/mol. The molecule has 0 aliphatic rings. The Morgan fingerprint density at radius 1 is 0.842 bits per heavy atom. The van der Waals surface area contributed by atoms with Crippen LogP contribution in [0.3, 0.4) is 0 Å². The van der Waals surface area contributed by atoms with Crippen molar-refractivity contribution in [3.05, 3.63) is 0 Å². The van der Waals surface area contributed by atoms with Crippen molar-refractivity contribution in [1.29, 1.82) is 0 Å². The summed E-state index contributed by atoms with van der Waals surface area (Å²) in [6, 6.07) is 0. The Kier molecular flexibility index (Phi) is 4.18. The fourth-order valence-corrected chi connectivity index (χ4v) is 1.18. The Labute approximate surface area is 97.5 Å². The van der Waals surface area contributed by atoms with Crippen LogP contribution in [0.2, 0.25) is 0 Å². The molecular weight excluding hydrogens is 330 g/mol. The van der Waals surface area contributed by atoms with Crippen molar-refractivity contribution in [3.63, 3.8) is 0 Å². The second-order valence-corrected chi connectivity index (χ2v) is 4.56. The first kappa shape index (κ1) is 18.2. The fraction of sp³-hybridized carbons (Fsp3) is 1.00. The van der Waals surface area contributed by atoms with Crippen molar-refractivity contribution >= 4 is 10.1 Å². The molecule has 0 saturated carbocycles. The number of alkyl halides is 10. The van der Waals surface area contributed by atoms with Gasteiger partial charge in [-0.2, -0.15) is 47.9 Å². The van der Waals surface area contributed by atoms with Gasteiger partial charge >= 0.3 is 33.4 Å². The van der Waals surface area contributed by atoms with Crippen molar-refractivity contribution in [2.75, 3.05) is 0 Å². The third kappa shape index (κ3) is 2.73. The smallest absolute Gasteiger partial charge is 0.281 e. The highest BCUT2D eigenvalue weighted by atomic mass is 32.2. The number of hydrogen-bond donors (Lipinski definition) is 1. The summed E-state index contributed by atoms with van der Waals surface area (Å²) in [5.41, 5.74) is 0. The van der Waals surface area contributed by atoms with E-state index in [-0.39, 0.29) is 0 Å². The van der Waals surface area contributed by atoms with Crippen LogP contribution < -0.4 is 0 Å². The molecule has 19 heavy (non-hydrogen) atoms. The van der Waals surface area contributed by atoms with E-state index in [4.69, 9.17) is 4.55 Å². The molecule has 0 amide bonds. The minimum atomic E-state index is -7.34. The Bertz CT molecular complexity index is 437. The third-order valence-electron chi connectivity index (χ3n) is 1.71. The maximum absolute atomic E-state index is 12.5. The maximum atomic E-state index is 12.5. The Morgan fingerprint density at radius 3 is 1.37 bits per heavy atom. The fourth-order valence-electron chi connectivity index (χ4n) is 0.721. The first-order valence-electron chi connectivity index (χ1n) is 3.72. The average Bonchev–Trinajstić information content (AvgIpc) is 2.12. The molecule has 1 unspecified atom stereocenters. The van der Waals surface area contributed by atoms with Gasteiger partial charge in [0.05, 0.1) is 0 Å². The van der Waals surface area contributed by atoms with Crippen LogP contribution in [-0.4, -0.2) is 42.4 Å². The predicted molar refractivity (Wildman–Crippen MR) is 37.3 cm³/mol. The molecule has 0 heterocycles. The van der Waals surface area contributed by atoms with Gasteiger partial charge in [-0.15, -0.1) is 0 Å². The zero-order chi connectivity index (χ0) is 16.1. The van der Waals surface area contributed by atoms with E-state index >= 15 is 0 Å². The van der Waals surface area contributed by atoms with Crippen molar-refractivity contribution in [2.45, 2.75) is 29.4 Å². The van der Waals surface area contributed by atoms with Crippen LogP contribution in [0.5, 0.6) is 0 Å². The molecule has 0 radical (unpaired) electrons. The van der Waals surface area contributed by atoms with Crippen molar-refractivity contribution in [2.24, 2.45) is 0 Å². The molecule has 3 nitrogen and oxygen atoms in total. The van der Waals surface area contributed by atoms with Gasteiger partial charge in [-0.1, -0.05) is 0 Å². The average molecular weight is 332 g/mol. The van der Waals surface area contributed by atoms with Crippen molar-refractivity contribution < 1.29 is 56.9 Å². The van der Waals surface area contributed by atoms with Gasteiger partial charge < -0.3 is 0 Å².